The molecule has 6 nitrogen and oxygen atoms in total. The molecular weight excluding hydrogens is 292 g/mol. The van der Waals surface area contributed by atoms with Crippen molar-refractivity contribution in [1.82, 2.24) is 9.62 Å². The number of carboxylic acids is 1. The maximum atomic E-state index is 12.6. The molecule has 1 saturated carbocycles. The highest BCUT2D eigenvalue weighted by Crippen LogP contribution is 2.40. The molecule has 0 spiro atoms. The Kier molecular flexibility index (Phi) is 3.73. The van der Waals surface area contributed by atoms with Crippen LogP contribution in [-0.4, -0.2) is 49.5 Å². The number of nitrogens with zero attached hydrogens (tertiary/aromatic N) is 1. The van der Waals surface area contributed by atoms with Crippen LogP contribution in [0.3, 0.4) is 0 Å². The molecule has 2 fully saturated rings. The number of piperazine rings is 1. The van der Waals surface area contributed by atoms with E-state index in [9.17, 15) is 18.3 Å². The molecule has 0 radical (unpaired) electrons. The standard InChI is InChI=1S/C14H18N2O4S/c17-14(18)13-9-15-7-8-16(13)21(19,20)12-5-3-11(4-6-12)10-1-2-10/h3-6,10,13,15H,1-2,7-9H2,(H,17,18)/t13-/m1/s1. The van der Waals surface area contributed by atoms with Gasteiger partial charge in [0.15, 0.2) is 0 Å². The Morgan fingerprint density at radius 3 is 2.48 bits per heavy atom. The van der Waals surface area contributed by atoms with E-state index in [1.165, 1.54) is 0 Å². The van der Waals surface area contributed by atoms with Gasteiger partial charge in [-0.25, -0.2) is 8.42 Å². The van der Waals surface area contributed by atoms with Gasteiger partial charge in [0.1, 0.15) is 6.04 Å². The van der Waals surface area contributed by atoms with E-state index in [4.69, 9.17) is 0 Å². The van der Waals surface area contributed by atoms with Crippen molar-refractivity contribution in [2.24, 2.45) is 0 Å². The number of carboxylic acid groups (broad SMARTS) is 1. The smallest absolute Gasteiger partial charge is 0.323 e. The van der Waals surface area contributed by atoms with Crippen LogP contribution in [0.5, 0.6) is 0 Å². The molecule has 1 aromatic carbocycles. The van der Waals surface area contributed by atoms with E-state index in [-0.39, 0.29) is 18.0 Å². The molecule has 3 rings (SSSR count). The summed E-state index contributed by atoms with van der Waals surface area (Å²) >= 11 is 0. The van der Waals surface area contributed by atoms with E-state index < -0.39 is 22.0 Å². The van der Waals surface area contributed by atoms with Crippen LogP contribution >= 0.6 is 0 Å². The highest BCUT2D eigenvalue weighted by molar-refractivity contribution is 7.89. The third-order valence-corrected chi connectivity index (χ3v) is 5.94. The molecule has 1 aliphatic heterocycles. The van der Waals surface area contributed by atoms with E-state index in [1.54, 1.807) is 12.1 Å². The largest absolute Gasteiger partial charge is 0.480 e. The van der Waals surface area contributed by atoms with Crippen LogP contribution in [0.2, 0.25) is 0 Å². The number of aliphatic carboxylic acids is 1. The number of sulfonamides is 1. The van der Waals surface area contributed by atoms with Crippen molar-refractivity contribution >= 4 is 16.0 Å². The van der Waals surface area contributed by atoms with Crippen molar-refractivity contribution in [2.45, 2.75) is 29.7 Å². The Bertz CT molecular complexity index is 637. The Morgan fingerprint density at radius 2 is 1.90 bits per heavy atom. The zero-order chi connectivity index (χ0) is 15.0. The Hall–Kier alpha value is -1.44. The summed E-state index contributed by atoms with van der Waals surface area (Å²) in [7, 11) is -3.77. The van der Waals surface area contributed by atoms with E-state index in [0.29, 0.717) is 12.5 Å². The summed E-state index contributed by atoms with van der Waals surface area (Å²) in [6.07, 6.45) is 2.32. The van der Waals surface area contributed by atoms with Gasteiger partial charge in [-0.3, -0.25) is 4.79 Å². The minimum absolute atomic E-state index is 0.134. The van der Waals surface area contributed by atoms with Gasteiger partial charge in [0.2, 0.25) is 10.0 Å². The molecule has 114 valence electrons. The quantitative estimate of drug-likeness (QED) is 0.851. The first kappa shape index (κ1) is 14.5. The minimum Gasteiger partial charge on any atom is -0.480 e. The number of carbonyl (C=O) groups is 1. The van der Waals surface area contributed by atoms with Crippen molar-refractivity contribution in [2.75, 3.05) is 19.6 Å². The minimum atomic E-state index is -3.77. The fraction of sp³-hybridized carbons (Fsp3) is 0.500. The molecule has 21 heavy (non-hydrogen) atoms. The lowest BCUT2D eigenvalue weighted by Crippen LogP contribution is -2.56. The van der Waals surface area contributed by atoms with Crippen molar-refractivity contribution in [3.05, 3.63) is 29.8 Å². The van der Waals surface area contributed by atoms with Gasteiger partial charge < -0.3 is 10.4 Å². The van der Waals surface area contributed by atoms with Crippen LogP contribution < -0.4 is 5.32 Å². The average molecular weight is 310 g/mol. The summed E-state index contributed by atoms with van der Waals surface area (Å²) in [4.78, 5) is 11.4. The number of hydrogen-bond acceptors (Lipinski definition) is 4. The molecule has 1 atom stereocenters. The first-order valence-corrected chi connectivity index (χ1v) is 8.49. The number of rotatable bonds is 4. The average Bonchev–Trinajstić information content (AvgIpc) is 3.32. The van der Waals surface area contributed by atoms with Crippen molar-refractivity contribution < 1.29 is 18.3 Å². The molecule has 1 saturated heterocycles. The molecule has 1 aliphatic carbocycles. The van der Waals surface area contributed by atoms with Crippen LogP contribution in [0.4, 0.5) is 0 Å². The lowest BCUT2D eigenvalue weighted by Gasteiger charge is -2.32. The van der Waals surface area contributed by atoms with E-state index >= 15 is 0 Å². The van der Waals surface area contributed by atoms with Crippen molar-refractivity contribution in [3.63, 3.8) is 0 Å². The first-order chi connectivity index (χ1) is 10.00. The SMILES string of the molecule is O=C(O)[C@H]1CNCCN1S(=O)(=O)c1ccc(C2CC2)cc1. The predicted molar refractivity (Wildman–Crippen MR) is 76.6 cm³/mol. The van der Waals surface area contributed by atoms with Gasteiger partial charge in [0.25, 0.3) is 0 Å². The van der Waals surface area contributed by atoms with E-state index in [2.05, 4.69) is 5.32 Å². The zero-order valence-corrected chi connectivity index (χ0v) is 12.3. The number of hydrogen-bond donors (Lipinski definition) is 2. The maximum absolute atomic E-state index is 12.6. The summed E-state index contributed by atoms with van der Waals surface area (Å²) in [6, 6.07) is 5.80. The normalized spacial score (nSPS) is 23.9. The third-order valence-electron chi connectivity index (χ3n) is 4.01. The molecule has 7 heteroatoms. The van der Waals surface area contributed by atoms with Crippen LogP contribution in [0.1, 0.15) is 24.3 Å². The fourth-order valence-electron chi connectivity index (χ4n) is 2.65. The van der Waals surface area contributed by atoms with Crippen LogP contribution in [0.15, 0.2) is 29.2 Å². The summed E-state index contributed by atoms with van der Waals surface area (Å²) in [5.41, 5.74) is 1.16. The second kappa shape index (κ2) is 5.40. The molecule has 2 N–H and O–H groups in total. The molecule has 0 unspecified atom stereocenters. The molecule has 2 aliphatic rings. The van der Waals surface area contributed by atoms with Gasteiger partial charge >= 0.3 is 5.97 Å². The highest BCUT2D eigenvalue weighted by atomic mass is 32.2. The fourth-order valence-corrected chi connectivity index (χ4v) is 4.23. The van der Waals surface area contributed by atoms with Gasteiger partial charge in [0.05, 0.1) is 4.90 Å². The topological polar surface area (TPSA) is 86.7 Å². The number of nitrogens with one attached hydrogen (secondary N) is 1. The lowest BCUT2D eigenvalue weighted by atomic mass is 10.1. The molecule has 1 heterocycles. The summed E-state index contributed by atoms with van der Waals surface area (Å²) in [5.74, 6) is -0.562. The third kappa shape index (κ3) is 2.81. The van der Waals surface area contributed by atoms with Gasteiger partial charge in [-0.05, 0) is 36.5 Å². The van der Waals surface area contributed by atoms with Crippen molar-refractivity contribution in [1.29, 1.82) is 0 Å². The summed E-state index contributed by atoms with van der Waals surface area (Å²) in [5, 5.41) is 12.1. The van der Waals surface area contributed by atoms with Crippen LogP contribution in [0, 0.1) is 0 Å². The zero-order valence-electron chi connectivity index (χ0n) is 11.5. The van der Waals surface area contributed by atoms with Gasteiger partial charge in [-0.15, -0.1) is 0 Å². The van der Waals surface area contributed by atoms with Gasteiger partial charge in [0, 0.05) is 19.6 Å². The second-order valence-electron chi connectivity index (χ2n) is 5.52. The monoisotopic (exact) mass is 310 g/mol. The van der Waals surface area contributed by atoms with E-state index in [0.717, 1.165) is 22.7 Å². The summed E-state index contributed by atoms with van der Waals surface area (Å²) < 4.78 is 26.3. The number of benzene rings is 1. The highest BCUT2D eigenvalue weighted by Gasteiger charge is 2.37. The molecule has 0 amide bonds. The van der Waals surface area contributed by atoms with Crippen molar-refractivity contribution in [3.8, 4) is 0 Å². The van der Waals surface area contributed by atoms with Crippen LogP contribution in [0.25, 0.3) is 0 Å². The Labute approximate surface area is 123 Å². The predicted octanol–water partition coefficient (Wildman–Crippen LogP) is 0.611. The maximum Gasteiger partial charge on any atom is 0.323 e. The lowest BCUT2D eigenvalue weighted by molar-refractivity contribution is -0.141. The Balaban J connectivity index is 1.88. The first-order valence-electron chi connectivity index (χ1n) is 7.05. The van der Waals surface area contributed by atoms with Gasteiger partial charge in [-0.1, -0.05) is 12.1 Å². The molecular formula is C14H18N2O4S. The van der Waals surface area contributed by atoms with Gasteiger partial charge in [-0.2, -0.15) is 4.31 Å². The molecule has 1 aromatic rings. The summed E-state index contributed by atoms with van der Waals surface area (Å²) in [6.45, 7) is 0.765. The van der Waals surface area contributed by atoms with E-state index in [1.807, 2.05) is 12.1 Å². The second-order valence-corrected chi connectivity index (χ2v) is 7.41. The Morgan fingerprint density at radius 1 is 1.24 bits per heavy atom. The van der Waals surface area contributed by atoms with Crippen LogP contribution in [-0.2, 0) is 14.8 Å². The molecule has 0 bridgehead atoms. The molecule has 0 aromatic heterocycles.